The summed E-state index contributed by atoms with van der Waals surface area (Å²) in [5.74, 6) is 0.370. The molecule has 0 aromatic carbocycles. The monoisotopic (exact) mass is 201 g/mol. The predicted molar refractivity (Wildman–Crippen MR) is 53.0 cm³/mol. The molecule has 4 heteroatoms. The second-order valence-electron chi connectivity index (χ2n) is 3.98. The molecule has 1 rings (SSSR count). The zero-order valence-corrected chi connectivity index (χ0v) is 9.08. The first-order chi connectivity index (χ1) is 6.61. The van der Waals surface area contributed by atoms with Crippen LogP contribution in [0.15, 0.2) is 0 Å². The number of hydrogen-bond acceptors (Lipinski definition) is 3. The third-order valence-corrected chi connectivity index (χ3v) is 2.48. The zero-order chi connectivity index (χ0) is 10.6. The normalized spacial score (nSPS) is 24.7. The van der Waals surface area contributed by atoms with E-state index in [0.29, 0.717) is 25.7 Å². The summed E-state index contributed by atoms with van der Waals surface area (Å²) in [7, 11) is 0. The number of ether oxygens (including phenoxy) is 2. The van der Waals surface area contributed by atoms with E-state index in [-0.39, 0.29) is 11.9 Å². The van der Waals surface area contributed by atoms with Crippen molar-refractivity contribution >= 4 is 5.91 Å². The maximum atomic E-state index is 11.6. The number of carbonyl (C=O) groups is 1. The lowest BCUT2D eigenvalue weighted by molar-refractivity contribution is -0.148. The lowest BCUT2D eigenvalue weighted by Gasteiger charge is -2.25. The Morgan fingerprint density at radius 2 is 2.07 bits per heavy atom. The van der Waals surface area contributed by atoms with Gasteiger partial charge in [-0.2, -0.15) is 0 Å². The van der Waals surface area contributed by atoms with Gasteiger partial charge in [0.05, 0.1) is 19.8 Å². The first-order valence-electron chi connectivity index (χ1n) is 5.11. The van der Waals surface area contributed by atoms with E-state index < -0.39 is 6.10 Å². The van der Waals surface area contributed by atoms with Crippen molar-refractivity contribution in [2.45, 2.75) is 32.9 Å². The molecule has 1 fully saturated rings. The van der Waals surface area contributed by atoms with Gasteiger partial charge in [0.15, 0.2) is 6.10 Å². The molecule has 0 aromatic rings. The van der Waals surface area contributed by atoms with Crippen LogP contribution in [0.3, 0.4) is 0 Å². The summed E-state index contributed by atoms with van der Waals surface area (Å²) in [5.41, 5.74) is 0. The lowest BCUT2D eigenvalue weighted by Crippen LogP contribution is -2.47. The van der Waals surface area contributed by atoms with E-state index in [4.69, 9.17) is 9.47 Å². The predicted octanol–water partition coefficient (Wildman–Crippen LogP) is 0.562. The van der Waals surface area contributed by atoms with Gasteiger partial charge < -0.3 is 14.8 Å². The largest absolute Gasteiger partial charge is 0.376 e. The minimum absolute atomic E-state index is 0.0640. The Morgan fingerprint density at radius 3 is 2.57 bits per heavy atom. The summed E-state index contributed by atoms with van der Waals surface area (Å²) < 4.78 is 10.4. The average molecular weight is 201 g/mol. The van der Waals surface area contributed by atoms with E-state index in [1.54, 1.807) is 0 Å². The summed E-state index contributed by atoms with van der Waals surface area (Å²) in [5, 5.41) is 2.91. The maximum absolute atomic E-state index is 11.6. The second kappa shape index (κ2) is 5.32. The van der Waals surface area contributed by atoms with Gasteiger partial charge in [-0.05, 0) is 12.8 Å². The minimum atomic E-state index is -0.426. The summed E-state index contributed by atoms with van der Waals surface area (Å²) >= 11 is 0. The Kier molecular flexibility index (Phi) is 4.35. The molecule has 0 aliphatic carbocycles. The van der Waals surface area contributed by atoms with Crippen LogP contribution in [0.4, 0.5) is 0 Å². The highest BCUT2D eigenvalue weighted by atomic mass is 16.6. The van der Waals surface area contributed by atoms with Crippen LogP contribution < -0.4 is 5.32 Å². The van der Waals surface area contributed by atoms with Gasteiger partial charge in [0.2, 0.25) is 0 Å². The van der Waals surface area contributed by atoms with Crippen LogP contribution in [0.25, 0.3) is 0 Å². The molecule has 1 saturated heterocycles. The molecule has 1 heterocycles. The van der Waals surface area contributed by atoms with Crippen molar-refractivity contribution in [3.63, 3.8) is 0 Å². The van der Waals surface area contributed by atoms with Gasteiger partial charge in [0.25, 0.3) is 5.91 Å². The Morgan fingerprint density at radius 1 is 1.36 bits per heavy atom. The third kappa shape index (κ3) is 3.27. The Balaban J connectivity index is 2.33. The number of amides is 1. The third-order valence-electron chi connectivity index (χ3n) is 2.48. The summed E-state index contributed by atoms with van der Waals surface area (Å²) in [6, 6.07) is 0.174. The fourth-order valence-electron chi connectivity index (χ4n) is 1.12. The first kappa shape index (κ1) is 11.5. The van der Waals surface area contributed by atoms with Crippen LogP contribution in [0.1, 0.15) is 20.8 Å². The first-order valence-corrected chi connectivity index (χ1v) is 5.11. The number of hydrogen-bond donors (Lipinski definition) is 1. The molecule has 14 heavy (non-hydrogen) atoms. The standard InChI is InChI=1S/C10H19NO3/c1-7(2)8(3)11-10(12)9-6-13-4-5-14-9/h7-9H,4-6H2,1-3H3,(H,11,12). The highest BCUT2D eigenvalue weighted by Gasteiger charge is 2.24. The van der Waals surface area contributed by atoms with Crippen molar-refractivity contribution in [1.29, 1.82) is 0 Å². The van der Waals surface area contributed by atoms with Gasteiger partial charge in [-0.3, -0.25) is 4.79 Å². The molecular formula is C10H19NO3. The smallest absolute Gasteiger partial charge is 0.251 e. The average Bonchev–Trinajstić information content (AvgIpc) is 2.19. The van der Waals surface area contributed by atoms with Crippen LogP contribution in [-0.2, 0) is 14.3 Å². The maximum Gasteiger partial charge on any atom is 0.251 e. The topological polar surface area (TPSA) is 47.6 Å². The van der Waals surface area contributed by atoms with E-state index in [1.807, 2.05) is 6.92 Å². The van der Waals surface area contributed by atoms with Gasteiger partial charge >= 0.3 is 0 Å². The SMILES string of the molecule is CC(C)C(C)NC(=O)C1COCCO1. The molecule has 0 spiro atoms. The lowest BCUT2D eigenvalue weighted by atomic mass is 10.1. The van der Waals surface area contributed by atoms with Crippen molar-refractivity contribution in [3.05, 3.63) is 0 Å². The highest BCUT2D eigenvalue weighted by molar-refractivity contribution is 5.81. The molecule has 1 N–H and O–H groups in total. The number of carbonyl (C=O) groups excluding carboxylic acids is 1. The van der Waals surface area contributed by atoms with Crippen molar-refractivity contribution in [2.75, 3.05) is 19.8 Å². The summed E-state index contributed by atoms with van der Waals surface area (Å²) in [6.45, 7) is 7.60. The van der Waals surface area contributed by atoms with Crippen LogP contribution in [0, 0.1) is 5.92 Å². The van der Waals surface area contributed by atoms with Gasteiger partial charge in [-0.15, -0.1) is 0 Å². The van der Waals surface area contributed by atoms with Crippen LogP contribution >= 0.6 is 0 Å². The van der Waals surface area contributed by atoms with Gasteiger partial charge in [0.1, 0.15) is 0 Å². The molecule has 2 atom stereocenters. The van der Waals surface area contributed by atoms with Crippen LogP contribution in [0.5, 0.6) is 0 Å². The van der Waals surface area contributed by atoms with Gasteiger partial charge in [-0.1, -0.05) is 13.8 Å². The quantitative estimate of drug-likeness (QED) is 0.726. The van der Waals surface area contributed by atoms with E-state index in [2.05, 4.69) is 19.2 Å². The molecule has 1 amide bonds. The van der Waals surface area contributed by atoms with Crippen molar-refractivity contribution in [1.82, 2.24) is 5.32 Å². The molecule has 1 aliphatic rings. The number of nitrogens with one attached hydrogen (secondary N) is 1. The zero-order valence-electron chi connectivity index (χ0n) is 9.08. The fourth-order valence-corrected chi connectivity index (χ4v) is 1.12. The molecule has 0 aromatic heterocycles. The molecule has 0 bridgehead atoms. The van der Waals surface area contributed by atoms with Crippen molar-refractivity contribution in [2.24, 2.45) is 5.92 Å². The molecule has 1 aliphatic heterocycles. The molecule has 0 saturated carbocycles. The van der Waals surface area contributed by atoms with E-state index in [1.165, 1.54) is 0 Å². The number of rotatable bonds is 3. The van der Waals surface area contributed by atoms with Gasteiger partial charge in [0, 0.05) is 6.04 Å². The molecular weight excluding hydrogens is 182 g/mol. The Hall–Kier alpha value is -0.610. The molecule has 4 nitrogen and oxygen atoms in total. The van der Waals surface area contributed by atoms with Gasteiger partial charge in [-0.25, -0.2) is 0 Å². The molecule has 82 valence electrons. The van der Waals surface area contributed by atoms with Crippen LogP contribution in [0.2, 0.25) is 0 Å². The van der Waals surface area contributed by atoms with Crippen molar-refractivity contribution < 1.29 is 14.3 Å². The minimum Gasteiger partial charge on any atom is -0.376 e. The van der Waals surface area contributed by atoms with Crippen molar-refractivity contribution in [3.8, 4) is 0 Å². The van der Waals surface area contributed by atoms with Crippen LogP contribution in [-0.4, -0.2) is 37.9 Å². The second-order valence-corrected chi connectivity index (χ2v) is 3.98. The fraction of sp³-hybridized carbons (Fsp3) is 0.900. The van der Waals surface area contributed by atoms with E-state index in [0.717, 1.165) is 0 Å². The molecule has 0 radical (unpaired) electrons. The Labute approximate surface area is 85.0 Å². The van der Waals surface area contributed by atoms with E-state index in [9.17, 15) is 4.79 Å². The van der Waals surface area contributed by atoms with E-state index >= 15 is 0 Å². The Bertz CT molecular complexity index is 188. The summed E-state index contributed by atoms with van der Waals surface area (Å²) in [6.07, 6.45) is -0.426. The highest BCUT2D eigenvalue weighted by Crippen LogP contribution is 2.04. The molecule has 2 unspecified atom stereocenters. The summed E-state index contributed by atoms with van der Waals surface area (Å²) in [4.78, 5) is 11.6.